The van der Waals surface area contributed by atoms with Crippen LogP contribution in [0.2, 0.25) is 0 Å². The third-order valence-electron chi connectivity index (χ3n) is 3.23. The van der Waals surface area contributed by atoms with Crippen LogP contribution in [0, 0.1) is 0 Å². The van der Waals surface area contributed by atoms with Crippen molar-refractivity contribution in [1.82, 2.24) is 0 Å². The first-order valence-corrected chi connectivity index (χ1v) is 7.88. The Morgan fingerprint density at radius 3 is 2.46 bits per heavy atom. The van der Waals surface area contributed by atoms with Crippen molar-refractivity contribution < 1.29 is 19.4 Å². The molecule has 0 bridgehead atoms. The lowest BCUT2D eigenvalue weighted by Crippen LogP contribution is -2.04. The maximum Gasteiger partial charge on any atom is 0.330 e. The standard InChI is InChI=1S/C20H26O4/c1-15(2)13-18(21)14-16(3)11-12-24-19-8-5-17(6-9-19)7-10-20(22)23-4/h5-11,13,18,21H,12,14H2,1-4H3/b10-7-,16-11+/t18-/m0/s1. The van der Waals surface area contributed by atoms with Crippen molar-refractivity contribution >= 4 is 12.0 Å². The molecule has 0 amide bonds. The molecule has 0 aliphatic heterocycles. The molecule has 0 spiro atoms. The number of methoxy groups -OCH3 is 1. The number of rotatable bonds is 8. The molecule has 4 nitrogen and oxygen atoms in total. The van der Waals surface area contributed by atoms with Gasteiger partial charge < -0.3 is 14.6 Å². The quantitative estimate of drug-likeness (QED) is 0.446. The summed E-state index contributed by atoms with van der Waals surface area (Å²) in [4.78, 5) is 11.0. The van der Waals surface area contributed by atoms with Gasteiger partial charge in [-0.05, 0) is 57.0 Å². The molecule has 1 atom stereocenters. The first-order valence-electron chi connectivity index (χ1n) is 7.88. The Balaban J connectivity index is 2.47. The average Bonchev–Trinajstić information content (AvgIpc) is 2.52. The second-order valence-corrected chi connectivity index (χ2v) is 5.80. The lowest BCUT2D eigenvalue weighted by atomic mass is 10.1. The van der Waals surface area contributed by atoms with Crippen LogP contribution < -0.4 is 4.74 Å². The molecular formula is C20H26O4. The van der Waals surface area contributed by atoms with E-state index in [1.807, 2.05) is 57.2 Å². The average molecular weight is 330 g/mol. The van der Waals surface area contributed by atoms with E-state index >= 15 is 0 Å². The van der Waals surface area contributed by atoms with E-state index in [1.165, 1.54) is 13.2 Å². The molecule has 1 aromatic carbocycles. The van der Waals surface area contributed by atoms with E-state index in [1.54, 1.807) is 6.08 Å². The zero-order valence-electron chi connectivity index (χ0n) is 14.8. The maximum absolute atomic E-state index is 11.0. The van der Waals surface area contributed by atoms with Gasteiger partial charge in [-0.3, -0.25) is 0 Å². The van der Waals surface area contributed by atoms with E-state index in [0.29, 0.717) is 13.0 Å². The predicted molar refractivity (Wildman–Crippen MR) is 96.8 cm³/mol. The van der Waals surface area contributed by atoms with Crippen LogP contribution in [0.15, 0.2) is 53.6 Å². The fourth-order valence-corrected chi connectivity index (χ4v) is 2.04. The molecule has 24 heavy (non-hydrogen) atoms. The van der Waals surface area contributed by atoms with Crippen LogP contribution in [-0.4, -0.2) is 30.9 Å². The molecule has 1 aromatic rings. The number of aliphatic hydroxyl groups is 1. The molecule has 0 radical (unpaired) electrons. The minimum absolute atomic E-state index is 0.383. The summed E-state index contributed by atoms with van der Waals surface area (Å²) in [6.07, 6.45) is 7.02. The summed E-state index contributed by atoms with van der Waals surface area (Å²) in [7, 11) is 1.35. The molecular weight excluding hydrogens is 304 g/mol. The molecule has 0 saturated carbocycles. The highest BCUT2D eigenvalue weighted by molar-refractivity contribution is 5.86. The number of benzene rings is 1. The summed E-state index contributed by atoms with van der Waals surface area (Å²) in [6.45, 7) is 6.36. The minimum Gasteiger partial charge on any atom is -0.490 e. The van der Waals surface area contributed by atoms with Crippen LogP contribution in [-0.2, 0) is 9.53 Å². The molecule has 0 saturated heterocycles. The number of allylic oxidation sites excluding steroid dienone is 1. The van der Waals surface area contributed by atoms with Gasteiger partial charge in [0.1, 0.15) is 12.4 Å². The largest absolute Gasteiger partial charge is 0.490 e. The van der Waals surface area contributed by atoms with Gasteiger partial charge in [-0.25, -0.2) is 4.79 Å². The van der Waals surface area contributed by atoms with E-state index in [2.05, 4.69) is 4.74 Å². The highest BCUT2D eigenvalue weighted by Crippen LogP contribution is 2.14. The topological polar surface area (TPSA) is 55.8 Å². The van der Waals surface area contributed by atoms with Gasteiger partial charge in [0.2, 0.25) is 0 Å². The fourth-order valence-electron chi connectivity index (χ4n) is 2.04. The van der Waals surface area contributed by atoms with Gasteiger partial charge in [-0.15, -0.1) is 0 Å². The van der Waals surface area contributed by atoms with Crippen molar-refractivity contribution in [1.29, 1.82) is 0 Å². The zero-order chi connectivity index (χ0) is 17.9. The molecule has 0 aliphatic carbocycles. The van der Waals surface area contributed by atoms with Crippen molar-refractivity contribution in [2.75, 3.05) is 13.7 Å². The molecule has 1 rings (SSSR count). The summed E-state index contributed by atoms with van der Waals surface area (Å²) in [5.41, 5.74) is 3.08. The molecule has 4 heteroatoms. The summed E-state index contributed by atoms with van der Waals surface area (Å²) in [5.74, 6) is 0.366. The molecule has 130 valence electrons. The Bertz CT molecular complexity index is 605. The summed E-state index contributed by atoms with van der Waals surface area (Å²) < 4.78 is 10.2. The van der Waals surface area contributed by atoms with Gasteiger partial charge >= 0.3 is 5.97 Å². The maximum atomic E-state index is 11.0. The highest BCUT2D eigenvalue weighted by atomic mass is 16.5. The van der Waals surface area contributed by atoms with Crippen molar-refractivity contribution in [3.8, 4) is 5.75 Å². The number of esters is 1. The third kappa shape index (κ3) is 8.34. The van der Waals surface area contributed by atoms with Crippen molar-refractivity contribution in [3.05, 3.63) is 59.2 Å². The third-order valence-corrected chi connectivity index (χ3v) is 3.23. The van der Waals surface area contributed by atoms with Gasteiger partial charge in [0.25, 0.3) is 0 Å². The Hall–Kier alpha value is -2.33. The van der Waals surface area contributed by atoms with Crippen LogP contribution in [0.25, 0.3) is 6.08 Å². The minimum atomic E-state index is -0.452. The Kier molecular flexibility index (Phi) is 8.58. The Morgan fingerprint density at radius 1 is 1.21 bits per heavy atom. The smallest absolute Gasteiger partial charge is 0.330 e. The lowest BCUT2D eigenvalue weighted by Gasteiger charge is -2.08. The zero-order valence-corrected chi connectivity index (χ0v) is 14.8. The number of ether oxygens (including phenoxy) is 2. The van der Waals surface area contributed by atoms with Crippen molar-refractivity contribution in [2.24, 2.45) is 0 Å². The first-order chi connectivity index (χ1) is 11.4. The number of aliphatic hydroxyl groups excluding tert-OH is 1. The van der Waals surface area contributed by atoms with Crippen molar-refractivity contribution in [2.45, 2.75) is 33.3 Å². The van der Waals surface area contributed by atoms with Gasteiger partial charge in [0.05, 0.1) is 13.2 Å². The van der Waals surface area contributed by atoms with E-state index in [-0.39, 0.29) is 5.97 Å². The van der Waals surface area contributed by atoms with E-state index in [4.69, 9.17) is 4.74 Å². The Labute approximate surface area is 144 Å². The number of carbonyl (C=O) groups is 1. The normalized spacial score (nSPS) is 12.8. The van der Waals surface area contributed by atoms with Crippen LogP contribution in [0.4, 0.5) is 0 Å². The predicted octanol–water partition coefficient (Wildman–Crippen LogP) is 3.92. The SMILES string of the molecule is COC(=O)/C=C\c1ccc(OC/C=C(\C)C[C@@H](O)C=C(C)C)cc1. The second kappa shape index (κ2) is 10.4. The molecule has 1 N–H and O–H groups in total. The number of hydrogen-bond acceptors (Lipinski definition) is 4. The first kappa shape index (κ1) is 19.7. The summed E-state index contributed by atoms with van der Waals surface area (Å²) in [6, 6.07) is 7.42. The van der Waals surface area contributed by atoms with Crippen LogP contribution in [0.5, 0.6) is 5.75 Å². The molecule has 0 fully saturated rings. The summed E-state index contributed by atoms with van der Waals surface area (Å²) in [5, 5.41) is 9.85. The number of hydrogen-bond donors (Lipinski definition) is 1. The fraction of sp³-hybridized carbons (Fsp3) is 0.350. The van der Waals surface area contributed by atoms with E-state index in [9.17, 15) is 9.90 Å². The van der Waals surface area contributed by atoms with Crippen LogP contribution in [0.3, 0.4) is 0 Å². The molecule has 0 heterocycles. The Morgan fingerprint density at radius 2 is 1.88 bits per heavy atom. The van der Waals surface area contributed by atoms with Gasteiger partial charge in [0, 0.05) is 6.08 Å². The van der Waals surface area contributed by atoms with E-state index < -0.39 is 6.10 Å². The molecule has 0 aliphatic rings. The monoisotopic (exact) mass is 330 g/mol. The van der Waals surface area contributed by atoms with Gasteiger partial charge in [-0.2, -0.15) is 0 Å². The summed E-state index contributed by atoms with van der Waals surface area (Å²) >= 11 is 0. The molecule has 0 aromatic heterocycles. The van der Waals surface area contributed by atoms with E-state index in [0.717, 1.165) is 22.5 Å². The van der Waals surface area contributed by atoms with Crippen LogP contribution in [0.1, 0.15) is 32.8 Å². The highest BCUT2D eigenvalue weighted by Gasteiger charge is 2.01. The number of carbonyl (C=O) groups excluding carboxylic acids is 1. The molecule has 0 unspecified atom stereocenters. The van der Waals surface area contributed by atoms with Crippen LogP contribution >= 0.6 is 0 Å². The second-order valence-electron chi connectivity index (χ2n) is 5.80. The van der Waals surface area contributed by atoms with Crippen molar-refractivity contribution in [3.63, 3.8) is 0 Å². The lowest BCUT2D eigenvalue weighted by molar-refractivity contribution is -0.134. The van der Waals surface area contributed by atoms with Gasteiger partial charge in [0.15, 0.2) is 0 Å². The van der Waals surface area contributed by atoms with Gasteiger partial charge in [-0.1, -0.05) is 29.4 Å².